The van der Waals surface area contributed by atoms with E-state index in [1.165, 1.54) is 7.11 Å². The van der Waals surface area contributed by atoms with Gasteiger partial charge in [-0.2, -0.15) is 0 Å². The highest BCUT2D eigenvalue weighted by Crippen LogP contribution is 2.32. The van der Waals surface area contributed by atoms with Gasteiger partial charge >= 0.3 is 0 Å². The minimum absolute atomic E-state index is 0.0934. The van der Waals surface area contributed by atoms with Crippen LogP contribution in [0.5, 0.6) is 5.75 Å². The molecule has 1 aliphatic heterocycles. The zero-order chi connectivity index (χ0) is 25.9. The Hall–Kier alpha value is -2.59. The number of benzene rings is 2. The molecule has 8 nitrogen and oxygen atoms in total. The van der Waals surface area contributed by atoms with E-state index in [1.54, 1.807) is 49.2 Å². The van der Waals surface area contributed by atoms with Crippen molar-refractivity contribution in [2.24, 2.45) is 0 Å². The number of sulfonamides is 1. The van der Waals surface area contributed by atoms with Gasteiger partial charge in [-0.3, -0.25) is 4.79 Å². The lowest BCUT2D eigenvalue weighted by Crippen LogP contribution is -2.48. The highest BCUT2D eigenvalue weighted by Gasteiger charge is 2.33. The zero-order valence-corrected chi connectivity index (χ0v) is 22.2. The third-order valence-corrected chi connectivity index (χ3v) is 7.10. The monoisotopic (exact) mass is 538 g/mol. The first-order valence-electron chi connectivity index (χ1n) is 10.8. The topological polar surface area (TPSA) is 112 Å². The Bertz CT molecular complexity index is 1290. The van der Waals surface area contributed by atoms with Crippen LogP contribution in [0.3, 0.4) is 0 Å². The molecule has 0 aromatic heterocycles. The molecule has 0 radical (unpaired) electrons. The molecule has 1 saturated heterocycles. The minimum atomic E-state index is -3.36. The van der Waals surface area contributed by atoms with E-state index in [9.17, 15) is 13.2 Å². The van der Waals surface area contributed by atoms with E-state index in [1.807, 2.05) is 6.07 Å². The maximum Gasteiger partial charge on any atom is 0.256 e. The summed E-state index contributed by atoms with van der Waals surface area (Å²) >= 11 is 12.7. The Labute approximate surface area is 215 Å². The van der Waals surface area contributed by atoms with Gasteiger partial charge in [0.15, 0.2) is 0 Å². The number of halogens is 2. The van der Waals surface area contributed by atoms with Crippen molar-refractivity contribution in [1.82, 2.24) is 14.9 Å². The number of methoxy groups -OCH3 is 1. The Morgan fingerprint density at radius 3 is 2.60 bits per heavy atom. The lowest BCUT2D eigenvalue weighted by molar-refractivity contribution is 0.0728. The highest BCUT2D eigenvalue weighted by molar-refractivity contribution is 7.88. The first-order chi connectivity index (χ1) is 16.5. The molecule has 3 N–H and O–H groups in total. The molecule has 2 aromatic carbocycles. The minimum Gasteiger partial charge on any atom is -0.495 e. The van der Waals surface area contributed by atoms with Gasteiger partial charge < -0.3 is 20.4 Å². The third-order valence-electron chi connectivity index (χ3n) is 5.82. The Kier molecular flexibility index (Phi) is 8.48. The van der Waals surface area contributed by atoms with Gasteiger partial charge in [-0.15, -0.1) is 0 Å². The van der Waals surface area contributed by atoms with Crippen molar-refractivity contribution in [2.45, 2.75) is 25.9 Å². The van der Waals surface area contributed by atoms with Crippen LogP contribution in [0.2, 0.25) is 10.0 Å². The van der Waals surface area contributed by atoms with E-state index in [0.29, 0.717) is 46.3 Å². The molecule has 0 aliphatic carbocycles. The van der Waals surface area contributed by atoms with Crippen LogP contribution in [0.4, 0.5) is 0 Å². The first kappa shape index (κ1) is 27.0. The fraction of sp³-hybridized carbons (Fsp3) is 0.333. The molecule has 188 valence electrons. The van der Waals surface area contributed by atoms with Gasteiger partial charge in [0, 0.05) is 36.4 Å². The predicted octanol–water partition coefficient (Wildman–Crippen LogP) is 3.94. The second-order valence-electron chi connectivity index (χ2n) is 8.20. The van der Waals surface area contributed by atoms with Crippen molar-refractivity contribution in [1.29, 1.82) is 5.41 Å². The van der Waals surface area contributed by atoms with Crippen molar-refractivity contribution in [2.75, 3.05) is 27.0 Å². The summed E-state index contributed by atoms with van der Waals surface area (Å²) in [5.74, 6) is 0.144. The van der Waals surface area contributed by atoms with Gasteiger partial charge in [-0.25, -0.2) is 13.1 Å². The molecule has 1 amide bonds. The molecule has 0 unspecified atom stereocenters. The van der Waals surface area contributed by atoms with Crippen molar-refractivity contribution in [3.63, 3.8) is 0 Å². The Balaban J connectivity index is 1.92. The second kappa shape index (κ2) is 11.0. The van der Waals surface area contributed by atoms with Gasteiger partial charge in [-0.1, -0.05) is 29.3 Å². The first-order valence-corrected chi connectivity index (χ1v) is 13.5. The van der Waals surface area contributed by atoms with Crippen molar-refractivity contribution in [3.8, 4) is 5.75 Å². The van der Waals surface area contributed by atoms with E-state index in [-0.39, 0.29) is 17.5 Å². The van der Waals surface area contributed by atoms with E-state index in [0.717, 1.165) is 17.4 Å². The van der Waals surface area contributed by atoms with E-state index in [2.05, 4.69) is 10.0 Å². The lowest BCUT2D eigenvalue weighted by atomic mass is 9.90. The Morgan fingerprint density at radius 2 is 1.97 bits per heavy atom. The molecule has 1 aliphatic rings. The van der Waals surface area contributed by atoms with Gasteiger partial charge in [0.25, 0.3) is 5.91 Å². The van der Waals surface area contributed by atoms with Gasteiger partial charge in [0.1, 0.15) is 5.75 Å². The van der Waals surface area contributed by atoms with Gasteiger partial charge in [0.05, 0.1) is 35.7 Å². The summed E-state index contributed by atoms with van der Waals surface area (Å²) in [7, 11) is -0.122. The van der Waals surface area contributed by atoms with E-state index < -0.39 is 16.1 Å². The summed E-state index contributed by atoms with van der Waals surface area (Å²) in [6.07, 6.45) is 1.53. The molecule has 0 bridgehead atoms. The summed E-state index contributed by atoms with van der Waals surface area (Å²) in [6.45, 7) is 2.29. The number of nitrogens with one attached hydrogen (secondary N) is 3. The zero-order valence-electron chi connectivity index (χ0n) is 19.9. The summed E-state index contributed by atoms with van der Waals surface area (Å²) in [5.41, 5.74) is 3.49. The van der Waals surface area contributed by atoms with Crippen molar-refractivity contribution < 1.29 is 17.9 Å². The number of hydrogen-bond donors (Lipinski definition) is 3. The fourth-order valence-electron chi connectivity index (χ4n) is 4.07. The normalized spacial score (nSPS) is 17.8. The molecule has 35 heavy (non-hydrogen) atoms. The van der Waals surface area contributed by atoms with Crippen LogP contribution in [-0.4, -0.2) is 57.9 Å². The number of piperidine rings is 1. The number of hydrogen-bond acceptors (Lipinski definition) is 6. The Morgan fingerprint density at radius 1 is 1.26 bits per heavy atom. The molecule has 0 spiro atoms. The molecule has 1 fully saturated rings. The quantitative estimate of drug-likeness (QED) is 0.494. The maximum absolute atomic E-state index is 13.3. The summed E-state index contributed by atoms with van der Waals surface area (Å²) in [5, 5.41) is 12.7. The van der Waals surface area contributed by atoms with Crippen LogP contribution in [-0.2, 0) is 16.6 Å². The smallest absolute Gasteiger partial charge is 0.256 e. The van der Waals surface area contributed by atoms with Crippen LogP contribution < -0.4 is 14.8 Å². The standard InChI is InChI=1S/C24H28Cl2N4O4S/c1-14-22(27)19(8-9-30(14)24(31)18-6-5-7-20(34-3)21(18)26)23(28-2)16-10-15(11-17(25)12-16)13-29-35(4,32)33/h5-7,10-12,14,27-29H,8-9,13H2,1-4H3/b23-19-,27-22?/t14-/m1/s1. The summed E-state index contributed by atoms with van der Waals surface area (Å²) in [6, 6.07) is 9.82. The van der Waals surface area contributed by atoms with Crippen LogP contribution in [0, 0.1) is 5.41 Å². The fourth-order valence-corrected chi connectivity index (χ4v) is 5.05. The number of rotatable bonds is 7. The molecule has 1 atom stereocenters. The van der Waals surface area contributed by atoms with E-state index in [4.69, 9.17) is 33.3 Å². The molecule has 2 aromatic rings. The average Bonchev–Trinajstić information content (AvgIpc) is 2.80. The van der Waals surface area contributed by atoms with Crippen LogP contribution in [0.1, 0.15) is 34.8 Å². The number of amides is 1. The van der Waals surface area contributed by atoms with Gasteiger partial charge in [0.2, 0.25) is 10.0 Å². The lowest BCUT2D eigenvalue weighted by Gasteiger charge is -2.36. The predicted molar refractivity (Wildman–Crippen MR) is 140 cm³/mol. The molecule has 1 heterocycles. The number of ether oxygens (including phenoxy) is 1. The van der Waals surface area contributed by atoms with Gasteiger partial charge in [-0.05, 0) is 54.8 Å². The SMILES string of the molecule is CN/C(=C1/CCN(C(=O)c2cccc(OC)c2Cl)[C@H](C)C1=N)c1cc(Cl)cc(CNS(C)(=O)=O)c1. The molecule has 11 heteroatoms. The number of carbonyl (C=O) groups is 1. The van der Waals surface area contributed by atoms with Crippen molar-refractivity contribution >= 4 is 50.5 Å². The third kappa shape index (κ3) is 6.16. The largest absolute Gasteiger partial charge is 0.495 e. The average molecular weight is 539 g/mol. The van der Waals surface area contributed by atoms with Crippen molar-refractivity contribution in [3.05, 3.63) is 68.7 Å². The molecule has 0 saturated carbocycles. The molecule has 3 rings (SSSR count). The number of likely N-dealkylation sites (tertiary alicyclic amines) is 1. The summed E-state index contributed by atoms with van der Waals surface area (Å²) < 4.78 is 30.7. The number of nitrogens with zero attached hydrogens (tertiary/aromatic N) is 1. The highest BCUT2D eigenvalue weighted by atomic mass is 35.5. The maximum atomic E-state index is 13.3. The van der Waals surface area contributed by atoms with Crippen LogP contribution >= 0.6 is 23.2 Å². The molecular weight excluding hydrogens is 511 g/mol. The number of carbonyl (C=O) groups excluding carboxylic acids is 1. The van der Waals surface area contributed by atoms with E-state index >= 15 is 0 Å². The van der Waals surface area contributed by atoms with Crippen LogP contribution in [0.15, 0.2) is 42.0 Å². The van der Waals surface area contributed by atoms with Crippen LogP contribution in [0.25, 0.3) is 5.70 Å². The second-order valence-corrected chi connectivity index (χ2v) is 10.9. The summed E-state index contributed by atoms with van der Waals surface area (Å²) in [4.78, 5) is 14.9. The molecular formula is C24H28Cl2N4O4S.